The van der Waals surface area contributed by atoms with Crippen molar-refractivity contribution < 1.29 is 13.2 Å². The Kier molecular flexibility index (Phi) is 7.10. The van der Waals surface area contributed by atoms with E-state index >= 15 is 0 Å². The molecule has 0 saturated carbocycles. The Balaban J connectivity index is 2.22. The SMILES string of the molecule is CC(CN)CN1CCCN(CCCC(F)(F)F)CC1. The number of nitrogens with zero attached hydrogens (tertiary/aromatic N) is 2. The lowest BCUT2D eigenvalue weighted by atomic mass is 10.1. The highest BCUT2D eigenvalue weighted by Crippen LogP contribution is 2.21. The minimum Gasteiger partial charge on any atom is -0.330 e. The average molecular weight is 281 g/mol. The normalized spacial score (nSPS) is 21.3. The van der Waals surface area contributed by atoms with Gasteiger partial charge in [0.1, 0.15) is 0 Å². The van der Waals surface area contributed by atoms with E-state index in [2.05, 4.69) is 16.7 Å². The van der Waals surface area contributed by atoms with Crippen molar-refractivity contribution in [3.63, 3.8) is 0 Å². The van der Waals surface area contributed by atoms with Crippen molar-refractivity contribution in [2.75, 3.05) is 45.8 Å². The first-order chi connectivity index (χ1) is 8.90. The molecule has 2 N–H and O–H groups in total. The molecule has 114 valence electrons. The third-order valence-electron chi connectivity index (χ3n) is 3.59. The number of hydrogen-bond acceptors (Lipinski definition) is 3. The predicted octanol–water partition coefficient (Wildman–Crippen LogP) is 1.93. The van der Waals surface area contributed by atoms with E-state index in [-0.39, 0.29) is 6.42 Å². The molecule has 0 bridgehead atoms. The summed E-state index contributed by atoms with van der Waals surface area (Å²) in [5.41, 5.74) is 5.62. The minimum atomic E-state index is -4.02. The Labute approximate surface area is 113 Å². The van der Waals surface area contributed by atoms with Crippen LogP contribution in [0, 0.1) is 5.92 Å². The first-order valence-electron chi connectivity index (χ1n) is 7.12. The molecule has 1 unspecified atom stereocenters. The average Bonchev–Trinajstić information content (AvgIpc) is 2.53. The van der Waals surface area contributed by atoms with Crippen molar-refractivity contribution in [1.82, 2.24) is 9.80 Å². The van der Waals surface area contributed by atoms with Crippen molar-refractivity contribution in [2.24, 2.45) is 11.7 Å². The van der Waals surface area contributed by atoms with Gasteiger partial charge in [0, 0.05) is 26.1 Å². The summed E-state index contributed by atoms with van der Waals surface area (Å²) >= 11 is 0. The van der Waals surface area contributed by atoms with Gasteiger partial charge in [0.05, 0.1) is 0 Å². The molecule has 6 heteroatoms. The van der Waals surface area contributed by atoms with Crippen molar-refractivity contribution >= 4 is 0 Å². The summed E-state index contributed by atoms with van der Waals surface area (Å²) in [4.78, 5) is 4.53. The van der Waals surface area contributed by atoms with Crippen LogP contribution < -0.4 is 5.73 Å². The van der Waals surface area contributed by atoms with Crippen LogP contribution >= 0.6 is 0 Å². The van der Waals surface area contributed by atoms with Gasteiger partial charge in [-0.05, 0) is 44.9 Å². The van der Waals surface area contributed by atoms with Crippen LogP contribution in [-0.4, -0.2) is 61.8 Å². The van der Waals surface area contributed by atoms with Crippen LogP contribution in [0.3, 0.4) is 0 Å². The van der Waals surface area contributed by atoms with E-state index in [4.69, 9.17) is 5.73 Å². The predicted molar refractivity (Wildman–Crippen MR) is 71.0 cm³/mol. The summed E-state index contributed by atoms with van der Waals surface area (Å²) in [7, 11) is 0. The maximum Gasteiger partial charge on any atom is 0.389 e. The highest BCUT2D eigenvalue weighted by atomic mass is 19.4. The zero-order valence-corrected chi connectivity index (χ0v) is 11.8. The first-order valence-corrected chi connectivity index (χ1v) is 7.12. The summed E-state index contributed by atoms with van der Waals surface area (Å²) in [5.74, 6) is 0.483. The molecular weight excluding hydrogens is 255 g/mol. The highest BCUT2D eigenvalue weighted by molar-refractivity contribution is 4.72. The molecule has 19 heavy (non-hydrogen) atoms. The maximum absolute atomic E-state index is 12.1. The van der Waals surface area contributed by atoms with Gasteiger partial charge in [-0.1, -0.05) is 6.92 Å². The zero-order valence-electron chi connectivity index (χ0n) is 11.8. The quantitative estimate of drug-likeness (QED) is 0.807. The Morgan fingerprint density at radius 3 is 2.37 bits per heavy atom. The van der Waals surface area contributed by atoms with Crippen LogP contribution in [0.5, 0.6) is 0 Å². The van der Waals surface area contributed by atoms with Crippen LogP contribution in [0.1, 0.15) is 26.2 Å². The first kappa shape index (κ1) is 16.7. The standard InChI is InChI=1S/C13H26F3N3/c1-12(10-17)11-19-7-3-6-18(8-9-19)5-2-4-13(14,15)16/h12H,2-11,17H2,1H3. The van der Waals surface area contributed by atoms with Crippen LogP contribution in [0.4, 0.5) is 13.2 Å². The molecule has 1 aliphatic heterocycles. The van der Waals surface area contributed by atoms with Crippen LogP contribution in [0.25, 0.3) is 0 Å². The van der Waals surface area contributed by atoms with E-state index in [1.165, 1.54) is 0 Å². The fourth-order valence-electron chi connectivity index (χ4n) is 2.45. The fourth-order valence-corrected chi connectivity index (χ4v) is 2.45. The molecule has 0 radical (unpaired) electrons. The van der Waals surface area contributed by atoms with Gasteiger partial charge in [-0.15, -0.1) is 0 Å². The molecule has 1 rings (SSSR count). The van der Waals surface area contributed by atoms with E-state index in [0.29, 0.717) is 19.0 Å². The second-order valence-corrected chi connectivity index (χ2v) is 5.56. The van der Waals surface area contributed by atoms with Gasteiger partial charge in [0.25, 0.3) is 0 Å². The minimum absolute atomic E-state index is 0.211. The van der Waals surface area contributed by atoms with Gasteiger partial charge in [-0.3, -0.25) is 0 Å². The van der Waals surface area contributed by atoms with Gasteiger partial charge in [0.15, 0.2) is 0 Å². The Bertz CT molecular complexity index is 246. The molecule has 3 nitrogen and oxygen atoms in total. The van der Waals surface area contributed by atoms with E-state index in [1.807, 2.05) is 0 Å². The van der Waals surface area contributed by atoms with Gasteiger partial charge >= 0.3 is 6.18 Å². The smallest absolute Gasteiger partial charge is 0.330 e. The van der Waals surface area contributed by atoms with Gasteiger partial charge in [0.2, 0.25) is 0 Å². The molecule has 0 spiro atoms. The second-order valence-electron chi connectivity index (χ2n) is 5.56. The molecule has 1 saturated heterocycles. The van der Waals surface area contributed by atoms with Gasteiger partial charge in [-0.25, -0.2) is 0 Å². The zero-order chi connectivity index (χ0) is 14.3. The summed E-state index contributed by atoms with van der Waals surface area (Å²) in [6.07, 6.45) is -3.45. The molecule has 0 amide bonds. The van der Waals surface area contributed by atoms with E-state index < -0.39 is 12.6 Å². The molecule has 1 heterocycles. The summed E-state index contributed by atoms with van der Waals surface area (Å²) in [6.45, 7) is 8.11. The lowest BCUT2D eigenvalue weighted by Crippen LogP contribution is -2.35. The topological polar surface area (TPSA) is 32.5 Å². The van der Waals surface area contributed by atoms with Crippen molar-refractivity contribution in [3.8, 4) is 0 Å². The van der Waals surface area contributed by atoms with E-state index in [0.717, 1.165) is 39.1 Å². The number of halogens is 3. The Morgan fingerprint density at radius 2 is 1.74 bits per heavy atom. The number of rotatable bonds is 6. The number of nitrogens with two attached hydrogens (primary N) is 1. The van der Waals surface area contributed by atoms with E-state index in [1.54, 1.807) is 0 Å². The molecule has 0 aromatic heterocycles. The molecular formula is C13H26F3N3. The fraction of sp³-hybridized carbons (Fsp3) is 1.00. The third kappa shape index (κ3) is 7.74. The van der Waals surface area contributed by atoms with Crippen LogP contribution in [0.2, 0.25) is 0 Å². The second kappa shape index (κ2) is 8.07. The molecule has 1 fully saturated rings. The molecule has 1 aliphatic rings. The summed E-state index contributed by atoms with van der Waals surface area (Å²) < 4.78 is 36.3. The van der Waals surface area contributed by atoms with Crippen LogP contribution in [0.15, 0.2) is 0 Å². The Morgan fingerprint density at radius 1 is 1.11 bits per heavy atom. The highest BCUT2D eigenvalue weighted by Gasteiger charge is 2.26. The van der Waals surface area contributed by atoms with Crippen molar-refractivity contribution in [3.05, 3.63) is 0 Å². The molecule has 1 atom stereocenters. The molecule has 0 aliphatic carbocycles. The van der Waals surface area contributed by atoms with Crippen molar-refractivity contribution in [2.45, 2.75) is 32.4 Å². The maximum atomic E-state index is 12.1. The number of hydrogen-bond donors (Lipinski definition) is 1. The lowest BCUT2D eigenvalue weighted by Gasteiger charge is -2.24. The van der Waals surface area contributed by atoms with Crippen LogP contribution in [-0.2, 0) is 0 Å². The van der Waals surface area contributed by atoms with Gasteiger partial charge < -0.3 is 15.5 Å². The van der Waals surface area contributed by atoms with Crippen molar-refractivity contribution in [1.29, 1.82) is 0 Å². The summed E-state index contributed by atoms with van der Waals surface area (Å²) in [6, 6.07) is 0. The van der Waals surface area contributed by atoms with E-state index in [9.17, 15) is 13.2 Å². The third-order valence-corrected chi connectivity index (χ3v) is 3.59. The lowest BCUT2D eigenvalue weighted by molar-refractivity contribution is -0.136. The Hall–Kier alpha value is -0.330. The molecule has 0 aromatic rings. The summed E-state index contributed by atoms with van der Waals surface area (Å²) in [5, 5.41) is 0. The molecule has 0 aromatic carbocycles. The monoisotopic (exact) mass is 281 g/mol. The van der Waals surface area contributed by atoms with Gasteiger partial charge in [-0.2, -0.15) is 13.2 Å². The number of alkyl halides is 3. The largest absolute Gasteiger partial charge is 0.389 e.